The molecule has 0 fully saturated rings. The molecule has 11 rings (SSSR count). The zero-order valence-electron chi connectivity index (χ0n) is 37.7. The third-order valence-corrected chi connectivity index (χ3v) is 14.6. The highest BCUT2D eigenvalue weighted by Crippen LogP contribution is 2.50. The van der Waals surface area contributed by atoms with Crippen LogP contribution in [0, 0.1) is 0 Å². The number of anilines is 3. The Hall–Kier alpha value is -7.22. The molecule has 3 aliphatic carbocycles. The summed E-state index contributed by atoms with van der Waals surface area (Å²) in [6.07, 6.45) is 7.10. The summed E-state index contributed by atoms with van der Waals surface area (Å²) in [6.45, 7) is 14.0. The molecule has 0 spiro atoms. The second-order valence-electron chi connectivity index (χ2n) is 19.4. The summed E-state index contributed by atoms with van der Waals surface area (Å²) in [4.78, 5) is 2.39. The summed E-state index contributed by atoms with van der Waals surface area (Å²) in [5, 5.41) is 0. The van der Waals surface area contributed by atoms with Crippen LogP contribution in [0.4, 0.5) is 17.1 Å². The summed E-state index contributed by atoms with van der Waals surface area (Å²) < 4.78 is 0. The predicted molar refractivity (Wildman–Crippen MR) is 274 cm³/mol. The molecule has 0 N–H and O–H groups in total. The van der Waals surface area contributed by atoms with Gasteiger partial charge in [0, 0.05) is 33.3 Å². The minimum Gasteiger partial charge on any atom is -0.311 e. The third kappa shape index (κ3) is 6.53. The van der Waals surface area contributed by atoms with E-state index in [1.807, 2.05) is 0 Å². The van der Waals surface area contributed by atoms with Crippen molar-refractivity contribution in [1.82, 2.24) is 0 Å². The molecule has 64 heavy (non-hydrogen) atoms. The first-order valence-electron chi connectivity index (χ1n) is 22.7. The monoisotopic (exact) mass is 823 g/mol. The van der Waals surface area contributed by atoms with Crippen molar-refractivity contribution in [2.75, 3.05) is 4.90 Å². The molecule has 0 aromatic heterocycles. The van der Waals surface area contributed by atoms with Crippen molar-refractivity contribution >= 4 is 52.0 Å². The second-order valence-corrected chi connectivity index (χ2v) is 19.4. The molecule has 3 aliphatic rings. The van der Waals surface area contributed by atoms with Crippen molar-refractivity contribution in [3.05, 3.63) is 244 Å². The molecule has 1 nitrogen and oxygen atoms in total. The van der Waals surface area contributed by atoms with E-state index in [1.165, 1.54) is 89.0 Å². The van der Waals surface area contributed by atoms with Gasteiger partial charge in [-0.05, 0) is 144 Å². The molecule has 0 amide bonds. The van der Waals surface area contributed by atoms with Gasteiger partial charge in [-0.25, -0.2) is 0 Å². The van der Waals surface area contributed by atoms with Crippen molar-refractivity contribution in [2.45, 2.75) is 57.8 Å². The van der Waals surface area contributed by atoms with Gasteiger partial charge in [-0.15, -0.1) is 0 Å². The molecule has 1 heteroatoms. The van der Waals surface area contributed by atoms with Crippen molar-refractivity contribution in [1.29, 1.82) is 0 Å². The molecule has 8 aromatic rings. The van der Waals surface area contributed by atoms with Crippen molar-refractivity contribution in [2.24, 2.45) is 0 Å². The lowest BCUT2D eigenvalue weighted by atomic mass is 9.78. The molecule has 0 aliphatic heterocycles. The van der Waals surface area contributed by atoms with Crippen molar-refractivity contribution in [3.8, 4) is 22.3 Å². The average Bonchev–Trinajstić information content (AvgIpc) is 3.88. The molecule has 0 radical (unpaired) electrons. The minimum absolute atomic E-state index is 0.0157. The van der Waals surface area contributed by atoms with Crippen LogP contribution in [0.3, 0.4) is 0 Å². The molecule has 310 valence electrons. The molecule has 0 saturated carbocycles. The zero-order chi connectivity index (χ0) is 43.8. The number of benzene rings is 8. The number of hydrogen-bond acceptors (Lipinski definition) is 1. The predicted octanol–water partition coefficient (Wildman–Crippen LogP) is 17.0. The maximum Gasteiger partial charge on any atom is 0.0462 e. The number of hydrogen-bond donors (Lipinski definition) is 0. The number of rotatable bonds is 8. The van der Waals surface area contributed by atoms with Crippen LogP contribution in [0.5, 0.6) is 0 Å². The zero-order valence-corrected chi connectivity index (χ0v) is 37.7. The van der Waals surface area contributed by atoms with Crippen molar-refractivity contribution < 1.29 is 0 Å². The Balaban J connectivity index is 0.880. The van der Waals surface area contributed by atoms with E-state index in [4.69, 9.17) is 0 Å². The Kier molecular flexibility index (Phi) is 9.26. The summed E-state index contributed by atoms with van der Waals surface area (Å²) in [6, 6.07) is 71.8. The van der Waals surface area contributed by atoms with E-state index < -0.39 is 0 Å². The van der Waals surface area contributed by atoms with E-state index in [9.17, 15) is 0 Å². The van der Waals surface area contributed by atoms with E-state index in [0.29, 0.717) is 0 Å². The van der Waals surface area contributed by atoms with Crippen LogP contribution >= 0.6 is 0 Å². The molecular formula is C63H53N. The summed E-state index contributed by atoms with van der Waals surface area (Å²) in [5.74, 6) is 0. The maximum absolute atomic E-state index is 2.39. The molecule has 0 unspecified atom stereocenters. The number of nitrogens with zero attached hydrogens (tertiary/aromatic N) is 1. The smallest absolute Gasteiger partial charge is 0.0462 e. The number of fused-ring (bicyclic) bond motifs is 3. The average molecular weight is 824 g/mol. The molecule has 0 heterocycles. The van der Waals surface area contributed by atoms with Gasteiger partial charge in [-0.3, -0.25) is 0 Å². The Morgan fingerprint density at radius 2 is 0.469 bits per heavy atom. The largest absolute Gasteiger partial charge is 0.311 e. The SMILES string of the molecule is CC1(C)C(c2ccc(-c3ccc(-c4ccc(N(c5ccc(C6=Cc7ccccc7C6(C)C)cc5)c5ccc(C6=Cc7ccccc7C6(C)C)cc5)cc4)cc3)cc2)=Cc2ccccc21. The van der Waals surface area contributed by atoms with Gasteiger partial charge in [-0.1, -0.05) is 199 Å². The van der Waals surface area contributed by atoms with Crippen LogP contribution in [0.15, 0.2) is 194 Å². The van der Waals surface area contributed by atoms with E-state index >= 15 is 0 Å². The topological polar surface area (TPSA) is 3.24 Å². The van der Waals surface area contributed by atoms with Gasteiger partial charge in [0.15, 0.2) is 0 Å². The maximum atomic E-state index is 2.39. The molecule has 0 bridgehead atoms. The Morgan fingerprint density at radius 3 is 0.734 bits per heavy atom. The summed E-state index contributed by atoms with van der Waals surface area (Å²) >= 11 is 0. The van der Waals surface area contributed by atoms with Gasteiger partial charge < -0.3 is 4.90 Å². The highest BCUT2D eigenvalue weighted by molar-refractivity contribution is 5.97. The van der Waals surface area contributed by atoms with Gasteiger partial charge in [0.05, 0.1) is 0 Å². The van der Waals surface area contributed by atoms with Crippen LogP contribution in [0.2, 0.25) is 0 Å². The first-order chi connectivity index (χ1) is 31.0. The molecule has 0 atom stereocenters. The van der Waals surface area contributed by atoms with Gasteiger partial charge in [0.25, 0.3) is 0 Å². The number of allylic oxidation sites excluding steroid dienone is 3. The Bertz CT molecular complexity index is 3050. The van der Waals surface area contributed by atoms with Crippen LogP contribution < -0.4 is 4.90 Å². The molecular weight excluding hydrogens is 771 g/mol. The normalized spacial score (nSPS) is 16.0. The molecule has 8 aromatic carbocycles. The van der Waals surface area contributed by atoms with Gasteiger partial charge in [0.1, 0.15) is 0 Å². The van der Waals surface area contributed by atoms with E-state index in [1.54, 1.807) is 0 Å². The quantitative estimate of drug-likeness (QED) is 0.148. The van der Waals surface area contributed by atoms with Gasteiger partial charge in [0.2, 0.25) is 0 Å². The fraction of sp³-hybridized carbons (Fsp3) is 0.143. The highest BCUT2D eigenvalue weighted by Gasteiger charge is 2.35. The minimum atomic E-state index is -0.0626. The first kappa shape index (κ1) is 39.6. The second kappa shape index (κ2) is 15.0. The van der Waals surface area contributed by atoms with E-state index in [2.05, 4.69) is 259 Å². The van der Waals surface area contributed by atoms with E-state index in [-0.39, 0.29) is 16.2 Å². The van der Waals surface area contributed by atoms with Crippen LogP contribution in [0.1, 0.15) is 91.6 Å². The van der Waals surface area contributed by atoms with Gasteiger partial charge in [-0.2, -0.15) is 0 Å². The fourth-order valence-electron chi connectivity index (χ4n) is 10.9. The van der Waals surface area contributed by atoms with Crippen LogP contribution in [0.25, 0.3) is 57.2 Å². The summed E-state index contributed by atoms with van der Waals surface area (Å²) in [5.41, 5.74) is 24.1. The van der Waals surface area contributed by atoms with Gasteiger partial charge >= 0.3 is 0 Å². The summed E-state index contributed by atoms with van der Waals surface area (Å²) in [7, 11) is 0. The standard InChI is InChI=1S/C63H53N/c1-61(2)55-16-10-7-13-49(55)39-58(61)46-25-23-44(24-26-46)42-19-21-43(22-20-42)45-27-33-52(34-28-45)64(53-35-29-47(30-36-53)59-40-50-14-8-11-17-56(50)62(59,3)4)54-37-31-48(32-38-54)60-41-51-15-9-12-18-57(51)63(60,5)6/h7-41H,1-6H3. The Labute approximate surface area is 379 Å². The lowest BCUT2D eigenvalue weighted by Gasteiger charge is -2.28. The third-order valence-electron chi connectivity index (χ3n) is 14.6. The lowest BCUT2D eigenvalue weighted by Crippen LogP contribution is -2.16. The molecule has 0 saturated heterocycles. The fourth-order valence-corrected chi connectivity index (χ4v) is 10.9. The van der Waals surface area contributed by atoms with Crippen molar-refractivity contribution in [3.63, 3.8) is 0 Å². The van der Waals surface area contributed by atoms with E-state index in [0.717, 1.165) is 17.1 Å². The lowest BCUT2D eigenvalue weighted by molar-refractivity contribution is 0.704. The first-order valence-corrected chi connectivity index (χ1v) is 22.7. The van der Waals surface area contributed by atoms with Crippen LogP contribution in [-0.2, 0) is 16.2 Å². The highest BCUT2D eigenvalue weighted by atomic mass is 15.1. The van der Waals surface area contributed by atoms with Crippen LogP contribution in [-0.4, -0.2) is 0 Å². The Morgan fingerprint density at radius 1 is 0.250 bits per heavy atom.